The summed E-state index contributed by atoms with van der Waals surface area (Å²) in [6, 6.07) is 18.8. The first kappa shape index (κ1) is 22.8. The number of halogens is 3. The van der Waals surface area contributed by atoms with E-state index < -0.39 is 15.6 Å². The van der Waals surface area contributed by atoms with Crippen molar-refractivity contribution in [3.63, 3.8) is 0 Å². The summed E-state index contributed by atoms with van der Waals surface area (Å²) in [7, 11) is -5.80. The zero-order valence-corrected chi connectivity index (χ0v) is 17.4. The monoisotopic (exact) mass is 440 g/mol. The van der Waals surface area contributed by atoms with Gasteiger partial charge in [0.1, 0.15) is 0 Å². The molecule has 0 aliphatic carbocycles. The van der Waals surface area contributed by atoms with Crippen LogP contribution in [0.3, 0.4) is 0 Å². The van der Waals surface area contributed by atoms with Crippen LogP contribution in [0.2, 0.25) is 0 Å². The number of benzene rings is 3. The molecule has 0 bridgehead atoms. The molecule has 0 atom stereocenters. The molecule has 0 heterocycles. The second-order valence-corrected chi connectivity index (χ2v) is 7.93. The lowest BCUT2D eigenvalue weighted by atomic mass is 9.93. The fourth-order valence-electron chi connectivity index (χ4n) is 2.76. The van der Waals surface area contributed by atoms with Crippen molar-refractivity contribution < 1.29 is 25.8 Å². The molecule has 3 aromatic rings. The summed E-state index contributed by atoms with van der Waals surface area (Å²) >= 11 is 0. The van der Waals surface area contributed by atoms with Crippen LogP contribution in [0, 0.1) is 13.8 Å². The van der Waals surface area contributed by atoms with Gasteiger partial charge >= 0.3 is 15.6 Å². The van der Waals surface area contributed by atoms with Crippen LogP contribution in [0.25, 0.3) is 22.3 Å². The van der Waals surface area contributed by atoms with Crippen LogP contribution in [0.5, 0.6) is 5.75 Å². The van der Waals surface area contributed by atoms with Crippen molar-refractivity contribution in [2.75, 3.05) is 0 Å². The van der Waals surface area contributed by atoms with E-state index >= 15 is 0 Å². The van der Waals surface area contributed by atoms with Crippen LogP contribution >= 0.6 is 13.5 Å². The molecule has 0 aromatic heterocycles. The van der Waals surface area contributed by atoms with Gasteiger partial charge in [-0.25, -0.2) is 0 Å². The molecule has 0 amide bonds. The van der Waals surface area contributed by atoms with Crippen molar-refractivity contribution in [2.24, 2.45) is 0 Å². The standard InChI is InChI=1S/C21H17F3O3S.H2S/c1-14-6-10-16(11-7-14)18-4-3-5-19(27-28(25,26)21(22,23)24)20(18)17-12-8-15(2)9-13-17;/h3-13H,1-2H3;1H2. The lowest BCUT2D eigenvalue weighted by molar-refractivity contribution is -0.0499. The van der Waals surface area contributed by atoms with Gasteiger partial charge < -0.3 is 4.18 Å². The van der Waals surface area contributed by atoms with Gasteiger partial charge in [-0.1, -0.05) is 71.8 Å². The van der Waals surface area contributed by atoms with Crippen molar-refractivity contribution in [2.45, 2.75) is 19.4 Å². The Morgan fingerprint density at radius 1 is 0.759 bits per heavy atom. The summed E-state index contributed by atoms with van der Waals surface area (Å²) in [5.74, 6) is -0.376. The topological polar surface area (TPSA) is 43.4 Å². The summed E-state index contributed by atoms with van der Waals surface area (Å²) in [5, 5.41) is 0. The Morgan fingerprint density at radius 3 is 1.72 bits per heavy atom. The van der Waals surface area contributed by atoms with Crippen LogP contribution in [0.15, 0.2) is 66.7 Å². The number of aryl methyl sites for hydroxylation is 2. The summed E-state index contributed by atoms with van der Waals surface area (Å²) in [6.45, 7) is 3.79. The van der Waals surface area contributed by atoms with Gasteiger partial charge in [-0.2, -0.15) is 35.1 Å². The van der Waals surface area contributed by atoms with Crippen molar-refractivity contribution in [3.8, 4) is 28.0 Å². The SMILES string of the molecule is Cc1ccc(-c2cccc(OS(=O)(=O)C(F)(F)F)c2-c2ccc(C)cc2)cc1.S. The van der Waals surface area contributed by atoms with E-state index in [4.69, 9.17) is 0 Å². The van der Waals surface area contributed by atoms with Gasteiger partial charge in [0.05, 0.1) is 0 Å². The highest BCUT2D eigenvalue weighted by atomic mass is 32.2. The van der Waals surface area contributed by atoms with Crippen LogP contribution < -0.4 is 4.18 Å². The summed E-state index contributed by atoms with van der Waals surface area (Å²) < 4.78 is 66.3. The molecular formula is C21H19F3O3S2. The zero-order valence-electron chi connectivity index (χ0n) is 15.6. The number of hydrogen-bond donors (Lipinski definition) is 0. The maximum atomic E-state index is 12.9. The molecule has 3 nitrogen and oxygen atoms in total. The van der Waals surface area contributed by atoms with Gasteiger partial charge in [0.25, 0.3) is 0 Å². The first-order valence-electron chi connectivity index (χ1n) is 8.36. The van der Waals surface area contributed by atoms with Crippen molar-refractivity contribution in [1.82, 2.24) is 0 Å². The van der Waals surface area contributed by atoms with Gasteiger partial charge in [-0.05, 0) is 36.6 Å². The molecule has 0 aliphatic heterocycles. The third-order valence-electron chi connectivity index (χ3n) is 4.21. The second kappa shape index (κ2) is 8.51. The number of alkyl halides is 3. The highest BCUT2D eigenvalue weighted by Crippen LogP contribution is 2.41. The largest absolute Gasteiger partial charge is 0.534 e. The van der Waals surface area contributed by atoms with Crippen molar-refractivity contribution in [1.29, 1.82) is 0 Å². The minimum absolute atomic E-state index is 0. The summed E-state index contributed by atoms with van der Waals surface area (Å²) in [4.78, 5) is 0. The molecule has 0 unspecified atom stereocenters. The van der Waals surface area contributed by atoms with E-state index in [2.05, 4.69) is 4.18 Å². The summed E-state index contributed by atoms with van der Waals surface area (Å²) in [6.07, 6.45) is 0. The number of rotatable bonds is 4. The third-order valence-corrected chi connectivity index (χ3v) is 5.18. The molecule has 0 radical (unpaired) electrons. The molecule has 0 fully saturated rings. The quantitative estimate of drug-likeness (QED) is 0.370. The molecule has 0 aliphatic rings. The first-order chi connectivity index (χ1) is 13.1. The van der Waals surface area contributed by atoms with Gasteiger partial charge in [-0.3, -0.25) is 0 Å². The Bertz CT molecular complexity index is 1090. The lowest BCUT2D eigenvalue weighted by Gasteiger charge is -2.17. The van der Waals surface area contributed by atoms with E-state index in [9.17, 15) is 21.6 Å². The summed E-state index contributed by atoms with van der Waals surface area (Å²) in [5.41, 5.74) is -1.41. The van der Waals surface area contributed by atoms with Gasteiger partial charge in [0.15, 0.2) is 5.75 Å². The van der Waals surface area contributed by atoms with E-state index in [1.165, 1.54) is 12.1 Å². The Kier molecular flexibility index (Phi) is 6.70. The highest BCUT2D eigenvalue weighted by Gasteiger charge is 2.48. The molecule has 0 saturated heterocycles. The van der Waals surface area contributed by atoms with Crippen LogP contribution in [0.1, 0.15) is 11.1 Å². The van der Waals surface area contributed by atoms with Gasteiger partial charge in [0.2, 0.25) is 0 Å². The predicted octanol–water partition coefficient (Wildman–Crippen LogP) is 5.98. The minimum Gasteiger partial charge on any atom is -0.375 e. The molecule has 3 aromatic carbocycles. The molecule has 154 valence electrons. The Morgan fingerprint density at radius 2 is 1.24 bits per heavy atom. The average molecular weight is 441 g/mol. The average Bonchev–Trinajstić information content (AvgIpc) is 2.62. The van der Waals surface area contributed by atoms with Crippen LogP contribution in [-0.2, 0) is 10.1 Å². The maximum absolute atomic E-state index is 12.9. The Hall–Kier alpha value is -2.45. The third kappa shape index (κ3) is 4.94. The van der Waals surface area contributed by atoms with Crippen LogP contribution in [-0.4, -0.2) is 13.9 Å². The highest BCUT2D eigenvalue weighted by molar-refractivity contribution is 7.88. The molecule has 0 saturated carbocycles. The van der Waals surface area contributed by atoms with E-state index in [0.29, 0.717) is 11.1 Å². The first-order valence-corrected chi connectivity index (χ1v) is 9.77. The minimum atomic E-state index is -5.80. The zero-order chi connectivity index (χ0) is 20.5. The molecular weight excluding hydrogens is 421 g/mol. The fraction of sp³-hybridized carbons (Fsp3) is 0.143. The Labute approximate surface area is 174 Å². The van der Waals surface area contributed by atoms with Gasteiger partial charge in [-0.15, -0.1) is 0 Å². The van der Waals surface area contributed by atoms with Crippen LogP contribution in [0.4, 0.5) is 13.2 Å². The normalized spacial score (nSPS) is 11.6. The second-order valence-electron chi connectivity index (χ2n) is 6.39. The lowest BCUT2D eigenvalue weighted by Crippen LogP contribution is -2.28. The Balaban J connectivity index is 0.00000300. The smallest absolute Gasteiger partial charge is 0.375 e. The molecule has 3 rings (SSSR count). The molecule has 8 heteroatoms. The number of hydrogen-bond acceptors (Lipinski definition) is 3. The molecule has 0 N–H and O–H groups in total. The van der Waals surface area contributed by atoms with Gasteiger partial charge in [0, 0.05) is 5.56 Å². The van der Waals surface area contributed by atoms with E-state index in [-0.39, 0.29) is 24.8 Å². The predicted molar refractivity (Wildman–Crippen MR) is 113 cm³/mol. The molecule has 29 heavy (non-hydrogen) atoms. The van der Waals surface area contributed by atoms with E-state index in [1.807, 2.05) is 38.1 Å². The van der Waals surface area contributed by atoms with Crippen molar-refractivity contribution >= 4 is 23.6 Å². The van der Waals surface area contributed by atoms with Crippen molar-refractivity contribution in [3.05, 3.63) is 77.9 Å². The maximum Gasteiger partial charge on any atom is 0.534 e. The van der Waals surface area contributed by atoms with E-state index in [1.54, 1.807) is 30.3 Å². The molecule has 0 spiro atoms. The van der Waals surface area contributed by atoms with E-state index in [0.717, 1.165) is 16.7 Å². The fourth-order valence-corrected chi connectivity index (χ4v) is 3.23.